The number of Topliss-reactive ketones (excluding diaryl/α,β-unsaturated/α-hetero) is 1. The summed E-state index contributed by atoms with van der Waals surface area (Å²) < 4.78 is 13.7. The van der Waals surface area contributed by atoms with Crippen LogP contribution in [0.1, 0.15) is 35.7 Å². The van der Waals surface area contributed by atoms with Gasteiger partial charge in [-0.1, -0.05) is 18.6 Å². The van der Waals surface area contributed by atoms with E-state index in [1.54, 1.807) is 12.1 Å². The highest BCUT2D eigenvalue weighted by Gasteiger charge is 2.40. The van der Waals surface area contributed by atoms with Crippen LogP contribution in [0.5, 0.6) is 0 Å². The quantitative estimate of drug-likeness (QED) is 0.816. The summed E-state index contributed by atoms with van der Waals surface area (Å²) in [5, 5.41) is 3.21. The topological polar surface area (TPSA) is 29.1 Å². The van der Waals surface area contributed by atoms with Crippen LogP contribution in [0.3, 0.4) is 0 Å². The number of aryl methyl sites for hydroxylation is 1. The largest absolute Gasteiger partial charge is 0.316 e. The van der Waals surface area contributed by atoms with Crippen molar-refractivity contribution in [3.63, 3.8) is 0 Å². The Balaban J connectivity index is 2.39. The van der Waals surface area contributed by atoms with Crippen molar-refractivity contribution in [3.8, 4) is 0 Å². The third-order valence-electron chi connectivity index (χ3n) is 3.77. The molecular formula is C14H18FNO. The molecule has 1 aromatic carbocycles. The number of ketones is 1. The fourth-order valence-corrected chi connectivity index (χ4v) is 2.50. The smallest absolute Gasteiger partial charge is 0.173 e. The zero-order valence-corrected chi connectivity index (χ0v) is 10.3. The first-order valence-corrected chi connectivity index (χ1v) is 6.11. The minimum absolute atomic E-state index is 0.0498. The van der Waals surface area contributed by atoms with Gasteiger partial charge in [0.2, 0.25) is 0 Å². The van der Waals surface area contributed by atoms with Crippen LogP contribution in [-0.2, 0) is 0 Å². The summed E-state index contributed by atoms with van der Waals surface area (Å²) in [5.74, 6) is -0.452. The first-order chi connectivity index (χ1) is 8.09. The standard InChI is InChI=1S/C14H18FNO/c1-3-14(6-7-16-9-14)13(17)11-8-10(2)4-5-12(11)15/h4-5,8,16H,3,6-7,9H2,1-2H3. The Bertz CT molecular complexity index is 436. The van der Waals surface area contributed by atoms with Gasteiger partial charge in [-0.25, -0.2) is 4.39 Å². The lowest BCUT2D eigenvalue weighted by Crippen LogP contribution is -2.33. The van der Waals surface area contributed by atoms with Crippen molar-refractivity contribution in [1.82, 2.24) is 5.32 Å². The van der Waals surface area contributed by atoms with Crippen molar-refractivity contribution in [1.29, 1.82) is 0 Å². The van der Waals surface area contributed by atoms with Crippen molar-refractivity contribution in [2.75, 3.05) is 13.1 Å². The van der Waals surface area contributed by atoms with Gasteiger partial charge in [0.1, 0.15) is 5.82 Å². The van der Waals surface area contributed by atoms with Gasteiger partial charge in [-0.3, -0.25) is 4.79 Å². The minimum atomic E-state index is -0.408. The average Bonchev–Trinajstić information content (AvgIpc) is 2.81. The Kier molecular flexibility index (Phi) is 3.29. The zero-order chi connectivity index (χ0) is 12.5. The molecule has 3 heteroatoms. The van der Waals surface area contributed by atoms with E-state index < -0.39 is 11.2 Å². The highest BCUT2D eigenvalue weighted by Crippen LogP contribution is 2.34. The summed E-state index contributed by atoms with van der Waals surface area (Å²) in [6.07, 6.45) is 1.56. The molecule has 1 heterocycles. The van der Waals surface area contributed by atoms with Gasteiger partial charge in [0, 0.05) is 12.0 Å². The van der Waals surface area contributed by atoms with Gasteiger partial charge >= 0.3 is 0 Å². The Morgan fingerprint density at radius 2 is 2.29 bits per heavy atom. The summed E-state index contributed by atoms with van der Waals surface area (Å²) >= 11 is 0. The molecule has 1 saturated heterocycles. The van der Waals surface area contributed by atoms with Crippen LogP contribution >= 0.6 is 0 Å². The molecule has 0 spiro atoms. The lowest BCUT2D eigenvalue weighted by molar-refractivity contribution is 0.0806. The number of hydrogen-bond donors (Lipinski definition) is 1. The third-order valence-corrected chi connectivity index (χ3v) is 3.77. The molecule has 0 bridgehead atoms. The Labute approximate surface area is 101 Å². The molecule has 1 atom stereocenters. The maximum Gasteiger partial charge on any atom is 0.173 e. The Morgan fingerprint density at radius 3 is 2.88 bits per heavy atom. The number of halogens is 1. The molecule has 1 aliphatic heterocycles. The van der Waals surface area contributed by atoms with Crippen molar-refractivity contribution in [2.45, 2.75) is 26.7 Å². The maximum atomic E-state index is 13.7. The van der Waals surface area contributed by atoms with E-state index in [0.29, 0.717) is 6.54 Å². The second-order valence-corrected chi connectivity index (χ2v) is 4.87. The van der Waals surface area contributed by atoms with E-state index in [-0.39, 0.29) is 11.3 Å². The second kappa shape index (κ2) is 4.57. The highest BCUT2D eigenvalue weighted by molar-refractivity contribution is 6.01. The molecule has 0 aliphatic carbocycles. The molecular weight excluding hydrogens is 217 g/mol. The number of carbonyl (C=O) groups is 1. The van der Waals surface area contributed by atoms with Crippen molar-refractivity contribution in [3.05, 3.63) is 35.1 Å². The van der Waals surface area contributed by atoms with E-state index in [9.17, 15) is 9.18 Å². The lowest BCUT2D eigenvalue weighted by atomic mass is 9.77. The second-order valence-electron chi connectivity index (χ2n) is 4.87. The molecule has 0 amide bonds. The third kappa shape index (κ3) is 2.12. The van der Waals surface area contributed by atoms with E-state index in [4.69, 9.17) is 0 Å². The van der Waals surface area contributed by atoms with Gasteiger partial charge < -0.3 is 5.32 Å². The zero-order valence-electron chi connectivity index (χ0n) is 10.3. The van der Waals surface area contributed by atoms with E-state index in [0.717, 1.165) is 24.9 Å². The van der Waals surface area contributed by atoms with Crippen LogP contribution < -0.4 is 5.32 Å². The predicted molar refractivity (Wildman–Crippen MR) is 65.7 cm³/mol. The van der Waals surface area contributed by atoms with E-state index in [1.807, 2.05) is 13.8 Å². The van der Waals surface area contributed by atoms with Gasteiger partial charge in [0.05, 0.1) is 5.56 Å². The summed E-state index contributed by atoms with van der Waals surface area (Å²) in [6.45, 7) is 5.38. The molecule has 17 heavy (non-hydrogen) atoms. The summed E-state index contributed by atoms with van der Waals surface area (Å²) in [5.41, 5.74) is 0.761. The van der Waals surface area contributed by atoms with Crippen LogP contribution in [0.4, 0.5) is 4.39 Å². The number of nitrogens with one attached hydrogen (secondary N) is 1. The van der Waals surface area contributed by atoms with E-state index >= 15 is 0 Å². The molecule has 0 saturated carbocycles. The van der Waals surface area contributed by atoms with E-state index in [1.165, 1.54) is 6.07 Å². The van der Waals surface area contributed by atoms with E-state index in [2.05, 4.69) is 5.32 Å². The highest BCUT2D eigenvalue weighted by atomic mass is 19.1. The minimum Gasteiger partial charge on any atom is -0.316 e. The van der Waals surface area contributed by atoms with Crippen molar-refractivity contribution < 1.29 is 9.18 Å². The Hall–Kier alpha value is -1.22. The number of hydrogen-bond acceptors (Lipinski definition) is 2. The molecule has 1 aromatic rings. The van der Waals surface area contributed by atoms with Gasteiger partial charge in [-0.2, -0.15) is 0 Å². The van der Waals surface area contributed by atoms with Gasteiger partial charge in [-0.15, -0.1) is 0 Å². The summed E-state index contributed by atoms with van der Waals surface area (Å²) in [4.78, 5) is 12.5. The Morgan fingerprint density at radius 1 is 1.53 bits per heavy atom. The summed E-state index contributed by atoms with van der Waals surface area (Å²) in [7, 11) is 0. The molecule has 92 valence electrons. The normalized spacial score (nSPS) is 23.9. The van der Waals surface area contributed by atoms with Crippen LogP contribution in [0.25, 0.3) is 0 Å². The monoisotopic (exact) mass is 235 g/mol. The molecule has 1 fully saturated rings. The molecule has 1 unspecified atom stereocenters. The summed E-state index contributed by atoms with van der Waals surface area (Å²) in [6, 6.07) is 4.74. The maximum absolute atomic E-state index is 13.7. The molecule has 0 aromatic heterocycles. The first-order valence-electron chi connectivity index (χ1n) is 6.11. The van der Waals surface area contributed by atoms with Gasteiger partial charge in [0.25, 0.3) is 0 Å². The number of benzene rings is 1. The first kappa shape index (κ1) is 12.2. The van der Waals surface area contributed by atoms with Crippen LogP contribution in [0, 0.1) is 18.2 Å². The van der Waals surface area contributed by atoms with Crippen LogP contribution in [0.15, 0.2) is 18.2 Å². The average molecular weight is 235 g/mol. The molecule has 1 aliphatic rings. The SMILES string of the molecule is CCC1(C(=O)c2cc(C)ccc2F)CCNC1. The molecule has 2 rings (SSSR count). The molecule has 1 N–H and O–H groups in total. The number of carbonyl (C=O) groups excluding carboxylic acids is 1. The lowest BCUT2D eigenvalue weighted by Gasteiger charge is -2.25. The van der Waals surface area contributed by atoms with Gasteiger partial charge in [-0.05, 0) is 38.4 Å². The molecule has 0 radical (unpaired) electrons. The van der Waals surface area contributed by atoms with Crippen molar-refractivity contribution in [2.24, 2.45) is 5.41 Å². The van der Waals surface area contributed by atoms with Crippen LogP contribution in [-0.4, -0.2) is 18.9 Å². The predicted octanol–water partition coefficient (Wildman–Crippen LogP) is 2.71. The van der Waals surface area contributed by atoms with Crippen LogP contribution in [0.2, 0.25) is 0 Å². The van der Waals surface area contributed by atoms with Crippen molar-refractivity contribution >= 4 is 5.78 Å². The van der Waals surface area contributed by atoms with Gasteiger partial charge in [0.15, 0.2) is 5.78 Å². The molecule has 2 nitrogen and oxygen atoms in total. The fraction of sp³-hybridized carbons (Fsp3) is 0.500. The fourth-order valence-electron chi connectivity index (χ4n) is 2.50. The number of rotatable bonds is 3.